The first-order valence-electron chi connectivity index (χ1n) is 16.4. The summed E-state index contributed by atoms with van der Waals surface area (Å²) >= 11 is 0. The molecular weight excluding hydrogens is 568 g/mol. The van der Waals surface area contributed by atoms with Crippen LogP contribution in [0.1, 0.15) is 112 Å². The molecule has 6 saturated carbocycles. The van der Waals surface area contributed by atoms with Crippen molar-refractivity contribution in [1.82, 2.24) is 0 Å². The van der Waals surface area contributed by atoms with Crippen molar-refractivity contribution in [3.63, 3.8) is 0 Å². The monoisotopic (exact) mass is 618 g/mol. The molecule has 246 valence electrons. The second kappa shape index (κ2) is 11.6. The molecule has 10 heteroatoms. The van der Waals surface area contributed by atoms with E-state index < -0.39 is 77.2 Å². The molecule has 6 bridgehead atoms. The second-order valence-electron chi connectivity index (χ2n) is 16.3. The molecular formula is C33H50F4O6. The van der Waals surface area contributed by atoms with Gasteiger partial charge in [0.2, 0.25) is 0 Å². The maximum absolute atomic E-state index is 15.6. The van der Waals surface area contributed by atoms with Gasteiger partial charge in [-0.3, -0.25) is 0 Å². The fraction of sp³-hybridized carbons (Fsp3) is 0.939. The normalized spacial score (nSPS) is 38.1. The van der Waals surface area contributed by atoms with Gasteiger partial charge in [-0.2, -0.15) is 17.6 Å². The van der Waals surface area contributed by atoms with Crippen LogP contribution in [0.5, 0.6) is 0 Å². The Morgan fingerprint density at radius 2 is 1.05 bits per heavy atom. The van der Waals surface area contributed by atoms with E-state index in [9.17, 15) is 9.59 Å². The van der Waals surface area contributed by atoms with Gasteiger partial charge in [0, 0.05) is 17.8 Å². The number of carbonyl (C=O) groups excluding carboxylic acids is 2. The van der Waals surface area contributed by atoms with Crippen LogP contribution in [0.25, 0.3) is 0 Å². The molecule has 8 unspecified atom stereocenters. The highest BCUT2D eigenvalue weighted by atomic mass is 19.3. The van der Waals surface area contributed by atoms with Crippen LogP contribution in [0, 0.1) is 47.3 Å². The van der Waals surface area contributed by atoms with E-state index in [1.54, 1.807) is 73.6 Å². The lowest BCUT2D eigenvalue weighted by Gasteiger charge is -2.42. The first-order chi connectivity index (χ1) is 19.8. The third-order valence-corrected chi connectivity index (χ3v) is 10.8. The number of halogens is 4. The number of hydrogen-bond acceptors (Lipinski definition) is 6. The molecule has 0 aliphatic heterocycles. The van der Waals surface area contributed by atoms with E-state index >= 15 is 17.6 Å². The molecule has 0 spiro atoms. The maximum Gasteiger partial charge on any atom is 0.509 e. The lowest BCUT2D eigenvalue weighted by Crippen LogP contribution is -2.55. The van der Waals surface area contributed by atoms with E-state index in [1.807, 2.05) is 0 Å². The molecule has 0 aromatic rings. The Bertz CT molecular complexity index is 1020. The van der Waals surface area contributed by atoms with Gasteiger partial charge in [-0.25, -0.2) is 9.59 Å². The molecule has 43 heavy (non-hydrogen) atoms. The van der Waals surface area contributed by atoms with E-state index in [4.69, 9.17) is 18.9 Å². The van der Waals surface area contributed by atoms with Crippen LogP contribution >= 0.6 is 0 Å². The van der Waals surface area contributed by atoms with Crippen LogP contribution in [0.4, 0.5) is 27.2 Å². The van der Waals surface area contributed by atoms with E-state index in [2.05, 4.69) is 0 Å². The molecule has 6 aliphatic rings. The molecule has 8 atom stereocenters. The summed E-state index contributed by atoms with van der Waals surface area (Å²) in [5, 5.41) is 0. The van der Waals surface area contributed by atoms with Crippen molar-refractivity contribution in [3.05, 3.63) is 0 Å². The summed E-state index contributed by atoms with van der Waals surface area (Å²) in [6, 6.07) is 0. The zero-order valence-electron chi connectivity index (χ0n) is 26.5. The van der Waals surface area contributed by atoms with Gasteiger partial charge in [0.25, 0.3) is 0 Å². The Balaban J connectivity index is 0.000000454. The van der Waals surface area contributed by atoms with Gasteiger partial charge in [0.1, 0.15) is 23.4 Å². The zero-order chi connectivity index (χ0) is 31.5. The molecule has 0 N–H and O–H groups in total. The summed E-state index contributed by atoms with van der Waals surface area (Å²) in [5.41, 5.74) is -1.56. The molecule has 6 fully saturated rings. The molecule has 6 nitrogen and oxygen atoms in total. The summed E-state index contributed by atoms with van der Waals surface area (Å²) in [4.78, 5) is 24.1. The molecule has 6 aliphatic carbocycles. The molecule has 6 rings (SSSR count). The summed E-state index contributed by atoms with van der Waals surface area (Å²) in [6.07, 6.45) is 5.59. The van der Waals surface area contributed by atoms with E-state index in [-0.39, 0.29) is 25.2 Å². The van der Waals surface area contributed by atoms with Gasteiger partial charge >= 0.3 is 24.2 Å². The lowest BCUT2D eigenvalue weighted by atomic mass is 9.73. The summed E-state index contributed by atoms with van der Waals surface area (Å²) in [5.74, 6) is -11.2. The third kappa shape index (κ3) is 7.08. The van der Waals surface area contributed by atoms with E-state index in [1.165, 1.54) is 11.8 Å². The molecule has 0 saturated heterocycles. The average molecular weight is 619 g/mol. The van der Waals surface area contributed by atoms with Gasteiger partial charge in [0.05, 0.1) is 0 Å². The highest BCUT2D eigenvalue weighted by Gasteiger charge is 2.72. The smallest absolute Gasteiger partial charge is 0.431 e. The largest absolute Gasteiger partial charge is 0.509 e. The average Bonchev–Trinajstić information content (AvgIpc) is 3.70. The van der Waals surface area contributed by atoms with Gasteiger partial charge < -0.3 is 18.9 Å². The molecule has 0 radical (unpaired) electrons. The quantitative estimate of drug-likeness (QED) is 0.226. The fourth-order valence-corrected chi connectivity index (χ4v) is 9.11. The number of fused-ring (bicyclic) bond motifs is 6. The minimum Gasteiger partial charge on any atom is -0.431 e. The van der Waals surface area contributed by atoms with Crippen molar-refractivity contribution >= 4 is 12.3 Å². The van der Waals surface area contributed by atoms with Gasteiger partial charge in [0.15, 0.2) is 0 Å². The van der Waals surface area contributed by atoms with Crippen molar-refractivity contribution < 1.29 is 46.1 Å². The molecule has 0 amide bonds. The third-order valence-electron chi connectivity index (χ3n) is 10.8. The van der Waals surface area contributed by atoms with Crippen molar-refractivity contribution in [1.29, 1.82) is 0 Å². The van der Waals surface area contributed by atoms with Crippen molar-refractivity contribution in [2.45, 2.75) is 147 Å². The topological polar surface area (TPSA) is 71.1 Å². The summed E-state index contributed by atoms with van der Waals surface area (Å²) < 4.78 is 83.2. The Morgan fingerprint density at radius 3 is 1.47 bits per heavy atom. The van der Waals surface area contributed by atoms with Crippen LogP contribution in [-0.4, -0.2) is 47.6 Å². The molecule has 0 heterocycles. The van der Waals surface area contributed by atoms with E-state index in [0.29, 0.717) is 19.3 Å². The van der Waals surface area contributed by atoms with Gasteiger partial charge in [-0.15, -0.1) is 0 Å². The first kappa shape index (κ1) is 32.6. The Kier molecular flexibility index (Phi) is 8.78. The van der Waals surface area contributed by atoms with Gasteiger partial charge in [-0.05, 0) is 116 Å². The number of alkyl halides is 4. The Labute approximate surface area is 253 Å². The fourth-order valence-electron chi connectivity index (χ4n) is 9.11. The van der Waals surface area contributed by atoms with Crippen LogP contribution in [-0.2, 0) is 18.9 Å². The number of ether oxygens (including phenoxy) is 4. The maximum atomic E-state index is 15.6. The van der Waals surface area contributed by atoms with Crippen LogP contribution < -0.4 is 0 Å². The predicted molar refractivity (Wildman–Crippen MR) is 151 cm³/mol. The van der Waals surface area contributed by atoms with E-state index in [0.717, 1.165) is 0 Å². The van der Waals surface area contributed by atoms with Crippen LogP contribution in [0.3, 0.4) is 0 Å². The summed E-state index contributed by atoms with van der Waals surface area (Å²) in [6.45, 7) is 10.0. The van der Waals surface area contributed by atoms with Crippen molar-refractivity contribution in [2.24, 2.45) is 47.3 Å². The Hall–Kier alpha value is -1.74. The predicted octanol–water partition coefficient (Wildman–Crippen LogP) is 9.19. The summed E-state index contributed by atoms with van der Waals surface area (Å²) in [7, 11) is 0. The Morgan fingerprint density at radius 1 is 0.535 bits per heavy atom. The highest BCUT2D eigenvalue weighted by molar-refractivity contribution is 5.61. The molecule has 0 aromatic heterocycles. The number of hydrogen-bond donors (Lipinski definition) is 0. The van der Waals surface area contributed by atoms with Gasteiger partial charge in [-0.1, -0.05) is 25.7 Å². The number of rotatable bonds is 5. The minimum atomic E-state index is -4.24. The number of carbonyl (C=O) groups is 2. The van der Waals surface area contributed by atoms with Crippen molar-refractivity contribution in [3.8, 4) is 0 Å². The lowest BCUT2D eigenvalue weighted by molar-refractivity contribution is -0.278. The zero-order valence-corrected chi connectivity index (χ0v) is 26.5. The van der Waals surface area contributed by atoms with Crippen LogP contribution in [0.2, 0.25) is 0 Å². The second-order valence-corrected chi connectivity index (χ2v) is 16.3. The first-order valence-corrected chi connectivity index (χ1v) is 16.4. The highest BCUT2D eigenvalue weighted by Crippen LogP contribution is 2.63. The standard InChI is InChI=1S/C26H38F4O6.C7H12/c1-23(2,3)35-21(31)33-19-12-14-10-15(19)11-17(14)25(27,28)26(29,30)18-8-13-7-16(18)20(9-13)34-22(32)36-24(4,5)6;1-2-7-4-3-6(1)5-7/h13-20H,7-12H2,1-6H3;6-7H,1-5H2. The minimum absolute atomic E-state index is 0.00731. The van der Waals surface area contributed by atoms with Crippen molar-refractivity contribution in [2.75, 3.05) is 0 Å². The van der Waals surface area contributed by atoms with Crippen LogP contribution in [0.15, 0.2) is 0 Å². The SMILES string of the molecule is C1CC2CCC1C2.CC(C)(C)OC(=O)OC1CC2CC1CC2C(F)(F)C(F)(F)C1CC2CC(OC(=O)OC(C)(C)C)C1C2. The molecule has 0 aromatic carbocycles.